The Labute approximate surface area is 163 Å². The summed E-state index contributed by atoms with van der Waals surface area (Å²) >= 11 is 5.24. The lowest BCUT2D eigenvalue weighted by atomic mass is 10.1. The van der Waals surface area contributed by atoms with Gasteiger partial charge >= 0.3 is 0 Å². The number of ether oxygens (including phenoxy) is 1. The Balaban J connectivity index is 1.71. The van der Waals surface area contributed by atoms with Crippen molar-refractivity contribution in [2.75, 3.05) is 5.32 Å². The molecule has 5 nitrogen and oxygen atoms in total. The van der Waals surface area contributed by atoms with Crippen molar-refractivity contribution < 1.29 is 14.6 Å². The van der Waals surface area contributed by atoms with E-state index in [0.717, 1.165) is 10.8 Å². The Morgan fingerprint density at radius 1 is 1.04 bits per heavy atom. The Morgan fingerprint density at radius 2 is 1.74 bits per heavy atom. The van der Waals surface area contributed by atoms with Gasteiger partial charge in [-0.2, -0.15) is 0 Å². The summed E-state index contributed by atoms with van der Waals surface area (Å²) in [4.78, 5) is 12.4. The molecule has 6 heteroatoms. The molecule has 3 aromatic rings. The van der Waals surface area contributed by atoms with Crippen molar-refractivity contribution in [2.45, 2.75) is 20.0 Å². The fraction of sp³-hybridized carbons (Fsp3) is 0.143. The molecule has 0 bridgehead atoms. The third-order valence-corrected chi connectivity index (χ3v) is 4.07. The zero-order chi connectivity index (χ0) is 19.4. The monoisotopic (exact) mass is 380 g/mol. The number of thiocarbonyl (C=S) groups is 1. The van der Waals surface area contributed by atoms with E-state index in [-0.39, 0.29) is 22.9 Å². The second-order valence-corrected chi connectivity index (χ2v) is 6.69. The van der Waals surface area contributed by atoms with Crippen molar-refractivity contribution >= 4 is 39.7 Å². The summed E-state index contributed by atoms with van der Waals surface area (Å²) in [5.74, 6) is 0.409. The van der Waals surface area contributed by atoms with Crippen molar-refractivity contribution in [3.63, 3.8) is 0 Å². The number of anilines is 1. The Kier molecular flexibility index (Phi) is 5.57. The van der Waals surface area contributed by atoms with Crippen LogP contribution in [0.1, 0.15) is 24.2 Å². The summed E-state index contributed by atoms with van der Waals surface area (Å²) in [7, 11) is 0. The van der Waals surface area contributed by atoms with Gasteiger partial charge in [0.25, 0.3) is 5.91 Å². The van der Waals surface area contributed by atoms with E-state index in [2.05, 4.69) is 10.6 Å². The summed E-state index contributed by atoms with van der Waals surface area (Å²) in [5, 5.41) is 17.6. The fourth-order valence-electron chi connectivity index (χ4n) is 2.67. The maximum Gasteiger partial charge on any atom is 0.257 e. The van der Waals surface area contributed by atoms with Gasteiger partial charge in [0.2, 0.25) is 0 Å². The lowest BCUT2D eigenvalue weighted by molar-refractivity contribution is 0.0977. The lowest BCUT2D eigenvalue weighted by Gasteiger charge is -2.14. The molecular formula is C21H20N2O3S. The highest BCUT2D eigenvalue weighted by Gasteiger charge is 2.12. The van der Waals surface area contributed by atoms with Crippen LogP contribution >= 0.6 is 12.2 Å². The smallest absolute Gasteiger partial charge is 0.257 e. The molecule has 0 aliphatic rings. The van der Waals surface area contributed by atoms with Crippen molar-refractivity contribution in [3.8, 4) is 11.5 Å². The van der Waals surface area contributed by atoms with E-state index in [9.17, 15) is 9.90 Å². The van der Waals surface area contributed by atoms with E-state index in [1.807, 2.05) is 44.2 Å². The minimum Gasteiger partial charge on any atom is -0.506 e. The number of phenolic OH excluding ortho intramolecular Hbond substituents is 1. The van der Waals surface area contributed by atoms with Crippen LogP contribution in [0.5, 0.6) is 11.5 Å². The molecule has 0 saturated heterocycles. The molecule has 0 aliphatic heterocycles. The van der Waals surface area contributed by atoms with Crippen LogP contribution in [0.25, 0.3) is 10.8 Å². The van der Waals surface area contributed by atoms with E-state index >= 15 is 0 Å². The number of hydrogen-bond donors (Lipinski definition) is 3. The summed E-state index contributed by atoms with van der Waals surface area (Å²) in [6, 6.07) is 17.8. The first-order chi connectivity index (χ1) is 12.9. The molecule has 3 aromatic carbocycles. The normalized spacial score (nSPS) is 10.6. The Bertz CT molecular complexity index is 984. The third-order valence-electron chi connectivity index (χ3n) is 3.86. The van der Waals surface area contributed by atoms with Crippen molar-refractivity contribution in [1.82, 2.24) is 5.32 Å². The first kappa shape index (κ1) is 18.7. The van der Waals surface area contributed by atoms with Crippen LogP contribution in [0.4, 0.5) is 5.69 Å². The number of nitrogens with one attached hydrogen (secondary N) is 2. The highest BCUT2D eigenvalue weighted by Crippen LogP contribution is 2.32. The van der Waals surface area contributed by atoms with Gasteiger partial charge in [0.15, 0.2) is 5.11 Å². The van der Waals surface area contributed by atoms with Gasteiger partial charge in [0.1, 0.15) is 11.5 Å². The number of phenols is 1. The number of fused-ring (bicyclic) bond motifs is 1. The van der Waals surface area contributed by atoms with Gasteiger partial charge in [0, 0.05) is 10.9 Å². The van der Waals surface area contributed by atoms with Gasteiger partial charge in [-0.15, -0.1) is 0 Å². The first-order valence-electron chi connectivity index (χ1n) is 8.54. The van der Waals surface area contributed by atoms with Crippen LogP contribution in [-0.4, -0.2) is 22.2 Å². The van der Waals surface area contributed by atoms with Crippen LogP contribution in [0.15, 0.2) is 60.7 Å². The molecule has 0 saturated carbocycles. The second kappa shape index (κ2) is 8.05. The minimum absolute atomic E-state index is 0.0560. The zero-order valence-corrected chi connectivity index (χ0v) is 15.8. The minimum atomic E-state index is -0.344. The van der Waals surface area contributed by atoms with E-state index in [1.165, 1.54) is 0 Å². The van der Waals surface area contributed by atoms with Crippen molar-refractivity contribution in [2.24, 2.45) is 0 Å². The average Bonchev–Trinajstić information content (AvgIpc) is 2.64. The summed E-state index contributed by atoms with van der Waals surface area (Å²) in [6.45, 7) is 3.88. The number of rotatable bonds is 4. The van der Waals surface area contributed by atoms with Gasteiger partial charge in [-0.05, 0) is 61.8 Å². The number of aromatic hydroxyl groups is 1. The quantitative estimate of drug-likeness (QED) is 0.460. The predicted octanol–water partition coefficient (Wildman–Crippen LogP) is 4.46. The number of benzene rings is 3. The van der Waals surface area contributed by atoms with Gasteiger partial charge < -0.3 is 15.2 Å². The molecule has 0 heterocycles. The molecule has 0 unspecified atom stereocenters. The third kappa shape index (κ3) is 4.54. The standard InChI is InChI=1S/C21H20N2O3S/c1-13(2)26-16-10-7-15(8-11-16)20(25)23-21(27)22-19-17-6-4-3-5-14(17)9-12-18(19)24/h3-13,24H,1-2H3,(H2,22,23,25,27). The second-order valence-electron chi connectivity index (χ2n) is 6.28. The lowest BCUT2D eigenvalue weighted by Crippen LogP contribution is -2.34. The van der Waals surface area contributed by atoms with Gasteiger partial charge in [-0.25, -0.2) is 0 Å². The topological polar surface area (TPSA) is 70.6 Å². The summed E-state index contributed by atoms with van der Waals surface area (Å²) < 4.78 is 5.57. The number of carbonyl (C=O) groups is 1. The average molecular weight is 380 g/mol. The van der Waals surface area contributed by atoms with Crippen LogP contribution in [0.2, 0.25) is 0 Å². The molecule has 0 spiro atoms. The predicted molar refractivity (Wildman–Crippen MR) is 112 cm³/mol. The molecule has 1 amide bonds. The molecule has 0 atom stereocenters. The summed E-state index contributed by atoms with van der Waals surface area (Å²) in [6.07, 6.45) is 0.0647. The number of carbonyl (C=O) groups excluding carboxylic acids is 1. The highest BCUT2D eigenvalue weighted by atomic mass is 32.1. The molecule has 0 fully saturated rings. The maximum absolute atomic E-state index is 12.4. The van der Waals surface area contributed by atoms with Crippen LogP contribution < -0.4 is 15.4 Å². The van der Waals surface area contributed by atoms with Crippen molar-refractivity contribution in [1.29, 1.82) is 0 Å². The highest BCUT2D eigenvalue weighted by molar-refractivity contribution is 7.80. The maximum atomic E-state index is 12.4. The van der Waals surface area contributed by atoms with E-state index < -0.39 is 0 Å². The largest absolute Gasteiger partial charge is 0.506 e. The van der Waals surface area contributed by atoms with E-state index in [0.29, 0.717) is 17.0 Å². The molecule has 0 aromatic heterocycles. The molecule has 138 valence electrons. The number of amides is 1. The molecule has 3 N–H and O–H groups in total. The van der Waals surface area contributed by atoms with Gasteiger partial charge in [-0.3, -0.25) is 10.1 Å². The molecule has 0 radical (unpaired) electrons. The van der Waals surface area contributed by atoms with E-state index in [1.54, 1.807) is 30.3 Å². The molecular weight excluding hydrogens is 360 g/mol. The van der Waals surface area contributed by atoms with Gasteiger partial charge in [0.05, 0.1) is 11.8 Å². The Hall–Kier alpha value is -3.12. The SMILES string of the molecule is CC(C)Oc1ccc(C(=O)NC(=S)Nc2c(O)ccc3ccccc23)cc1. The summed E-state index contributed by atoms with van der Waals surface area (Å²) in [5.41, 5.74) is 0.913. The Morgan fingerprint density at radius 3 is 2.44 bits per heavy atom. The van der Waals surface area contributed by atoms with E-state index in [4.69, 9.17) is 17.0 Å². The fourth-order valence-corrected chi connectivity index (χ4v) is 2.86. The van der Waals surface area contributed by atoms with Gasteiger partial charge in [-0.1, -0.05) is 30.3 Å². The van der Waals surface area contributed by atoms with Crippen LogP contribution in [0, 0.1) is 0 Å². The molecule has 27 heavy (non-hydrogen) atoms. The first-order valence-corrected chi connectivity index (χ1v) is 8.94. The zero-order valence-electron chi connectivity index (χ0n) is 15.0. The number of hydrogen-bond acceptors (Lipinski definition) is 4. The molecule has 3 rings (SSSR count). The van der Waals surface area contributed by atoms with Crippen LogP contribution in [0.3, 0.4) is 0 Å². The van der Waals surface area contributed by atoms with Crippen LogP contribution in [-0.2, 0) is 0 Å². The van der Waals surface area contributed by atoms with Crippen molar-refractivity contribution in [3.05, 3.63) is 66.2 Å². The molecule has 0 aliphatic carbocycles.